The van der Waals surface area contributed by atoms with Gasteiger partial charge in [-0.15, -0.1) is 0 Å². The summed E-state index contributed by atoms with van der Waals surface area (Å²) in [5.41, 5.74) is 0. The van der Waals surface area contributed by atoms with E-state index in [1.165, 1.54) is 0 Å². The molecule has 8 heteroatoms. The first kappa shape index (κ1) is 18.3. The van der Waals surface area contributed by atoms with Crippen LogP contribution in [0, 0.1) is 0 Å². The van der Waals surface area contributed by atoms with Crippen LogP contribution in [-0.2, 0) is 14.3 Å². The summed E-state index contributed by atoms with van der Waals surface area (Å²) in [6.07, 6.45) is -3.30. The Bertz CT molecular complexity index is 309. The summed E-state index contributed by atoms with van der Waals surface area (Å²) in [6, 6.07) is 0. The van der Waals surface area contributed by atoms with Gasteiger partial charge in [-0.1, -0.05) is 12.8 Å². The van der Waals surface area contributed by atoms with Crippen LogP contribution in [0.3, 0.4) is 0 Å². The predicted molar refractivity (Wildman–Crippen MR) is 70.4 cm³/mol. The van der Waals surface area contributed by atoms with Gasteiger partial charge in [-0.05, 0) is 12.8 Å². The number of ether oxygens (including phenoxy) is 2. The fourth-order valence-corrected chi connectivity index (χ4v) is 2.14. The molecule has 0 aliphatic carbocycles. The molecule has 1 fully saturated rings. The molecule has 0 aromatic rings. The third kappa shape index (κ3) is 5.85. The van der Waals surface area contributed by atoms with Crippen molar-refractivity contribution < 1.29 is 39.8 Å². The minimum absolute atomic E-state index is 0.146. The maximum absolute atomic E-state index is 10.3. The van der Waals surface area contributed by atoms with Crippen LogP contribution in [0.15, 0.2) is 0 Å². The quantitative estimate of drug-likeness (QED) is 0.336. The van der Waals surface area contributed by atoms with E-state index in [1.54, 1.807) is 0 Å². The van der Waals surface area contributed by atoms with Gasteiger partial charge >= 0.3 is 5.97 Å². The molecule has 21 heavy (non-hydrogen) atoms. The molecule has 0 saturated carbocycles. The van der Waals surface area contributed by atoms with Gasteiger partial charge in [0.1, 0.15) is 24.4 Å². The molecule has 1 saturated heterocycles. The van der Waals surface area contributed by atoms with Crippen molar-refractivity contribution in [3.8, 4) is 0 Å². The average Bonchev–Trinajstić information content (AvgIpc) is 2.45. The van der Waals surface area contributed by atoms with E-state index in [1.807, 2.05) is 0 Å². The molecule has 0 bridgehead atoms. The second-order valence-corrected chi connectivity index (χ2v) is 5.13. The van der Waals surface area contributed by atoms with Crippen molar-refractivity contribution in [3.05, 3.63) is 0 Å². The molecule has 5 N–H and O–H groups in total. The van der Waals surface area contributed by atoms with E-state index in [-0.39, 0.29) is 13.0 Å². The van der Waals surface area contributed by atoms with Gasteiger partial charge in [0.25, 0.3) is 0 Å². The van der Waals surface area contributed by atoms with Crippen LogP contribution in [-0.4, -0.2) is 75.4 Å². The third-order valence-corrected chi connectivity index (χ3v) is 3.42. The summed E-state index contributed by atoms with van der Waals surface area (Å²) < 4.78 is 10.5. The second-order valence-electron chi connectivity index (χ2n) is 5.13. The number of carboxylic acid groups (broad SMARTS) is 1. The summed E-state index contributed by atoms with van der Waals surface area (Å²) in [5, 5.41) is 46.4. The standard InChI is InChI=1S/C13H24O8/c14-7-8-10(17)11(18)12(19)13(21-8)20-6-4-2-1-3-5-9(15)16/h8,10-14,17-19H,1-7H2,(H,15,16)/t8-,10-,11+,12+,13+/m1/s1. The highest BCUT2D eigenvalue weighted by atomic mass is 16.7. The highest BCUT2D eigenvalue weighted by Gasteiger charge is 2.43. The number of hydrogen-bond acceptors (Lipinski definition) is 7. The second kappa shape index (κ2) is 9.29. The van der Waals surface area contributed by atoms with E-state index in [9.17, 15) is 20.1 Å². The number of carboxylic acids is 1. The van der Waals surface area contributed by atoms with Gasteiger partial charge in [0.05, 0.1) is 6.61 Å². The summed E-state index contributed by atoms with van der Waals surface area (Å²) in [5.74, 6) is -0.812. The molecule has 1 heterocycles. The molecule has 0 radical (unpaired) electrons. The Morgan fingerprint density at radius 1 is 1.00 bits per heavy atom. The van der Waals surface area contributed by atoms with Gasteiger partial charge in [0.2, 0.25) is 0 Å². The van der Waals surface area contributed by atoms with Crippen molar-refractivity contribution in [2.45, 2.75) is 62.8 Å². The molecule has 1 rings (SSSR count). The number of aliphatic carboxylic acids is 1. The largest absolute Gasteiger partial charge is 0.481 e. The summed E-state index contributed by atoms with van der Waals surface area (Å²) in [6.45, 7) is -0.213. The molecule has 0 aromatic carbocycles. The number of hydrogen-bond donors (Lipinski definition) is 5. The number of aliphatic hydroxyl groups excluding tert-OH is 4. The Morgan fingerprint density at radius 3 is 2.29 bits per heavy atom. The normalized spacial score (nSPS) is 33.0. The first-order valence-electron chi connectivity index (χ1n) is 7.11. The lowest BCUT2D eigenvalue weighted by atomic mass is 9.99. The number of aliphatic hydroxyl groups is 4. The molecule has 0 aromatic heterocycles. The maximum atomic E-state index is 10.3. The van der Waals surface area contributed by atoms with E-state index in [4.69, 9.17) is 19.7 Å². The molecule has 124 valence electrons. The maximum Gasteiger partial charge on any atom is 0.303 e. The van der Waals surface area contributed by atoms with Crippen molar-refractivity contribution >= 4 is 5.97 Å². The Morgan fingerprint density at radius 2 is 1.67 bits per heavy atom. The van der Waals surface area contributed by atoms with Crippen LogP contribution in [0.1, 0.15) is 32.1 Å². The summed E-state index contributed by atoms with van der Waals surface area (Å²) in [7, 11) is 0. The Balaban J connectivity index is 2.20. The minimum atomic E-state index is -1.43. The van der Waals surface area contributed by atoms with Gasteiger partial charge in [0.15, 0.2) is 6.29 Å². The molecule has 0 amide bonds. The van der Waals surface area contributed by atoms with Gasteiger partial charge in [-0.25, -0.2) is 0 Å². The molecular formula is C13H24O8. The van der Waals surface area contributed by atoms with E-state index in [0.717, 1.165) is 12.8 Å². The Kier molecular flexibility index (Phi) is 8.09. The summed E-state index contributed by atoms with van der Waals surface area (Å²) in [4.78, 5) is 10.3. The van der Waals surface area contributed by atoms with E-state index >= 15 is 0 Å². The highest BCUT2D eigenvalue weighted by Crippen LogP contribution is 2.22. The molecule has 0 spiro atoms. The lowest BCUT2D eigenvalue weighted by Crippen LogP contribution is -2.59. The lowest BCUT2D eigenvalue weighted by Gasteiger charge is -2.39. The topological polar surface area (TPSA) is 137 Å². The molecule has 1 aliphatic heterocycles. The zero-order chi connectivity index (χ0) is 15.8. The zero-order valence-electron chi connectivity index (χ0n) is 11.8. The van der Waals surface area contributed by atoms with Gasteiger partial charge in [0, 0.05) is 13.0 Å². The molecule has 1 aliphatic rings. The zero-order valence-corrected chi connectivity index (χ0v) is 11.8. The van der Waals surface area contributed by atoms with Crippen LogP contribution < -0.4 is 0 Å². The van der Waals surface area contributed by atoms with Crippen LogP contribution in [0.25, 0.3) is 0 Å². The first-order chi connectivity index (χ1) is 9.97. The Labute approximate surface area is 122 Å². The van der Waals surface area contributed by atoms with Crippen molar-refractivity contribution in [2.75, 3.05) is 13.2 Å². The number of rotatable bonds is 9. The van der Waals surface area contributed by atoms with E-state index < -0.39 is 43.3 Å². The minimum Gasteiger partial charge on any atom is -0.481 e. The average molecular weight is 308 g/mol. The monoisotopic (exact) mass is 308 g/mol. The number of unbranched alkanes of at least 4 members (excludes halogenated alkanes) is 3. The lowest BCUT2D eigenvalue weighted by molar-refractivity contribution is -0.301. The van der Waals surface area contributed by atoms with Crippen molar-refractivity contribution in [2.24, 2.45) is 0 Å². The highest BCUT2D eigenvalue weighted by molar-refractivity contribution is 5.66. The smallest absolute Gasteiger partial charge is 0.303 e. The number of carbonyl (C=O) groups is 1. The van der Waals surface area contributed by atoms with Gasteiger partial charge in [-0.2, -0.15) is 0 Å². The molecule has 8 nitrogen and oxygen atoms in total. The van der Waals surface area contributed by atoms with E-state index in [0.29, 0.717) is 12.8 Å². The van der Waals surface area contributed by atoms with Crippen LogP contribution in [0.2, 0.25) is 0 Å². The fourth-order valence-electron chi connectivity index (χ4n) is 2.14. The molecule has 5 atom stereocenters. The van der Waals surface area contributed by atoms with Crippen molar-refractivity contribution in [3.63, 3.8) is 0 Å². The molecule has 0 unspecified atom stereocenters. The van der Waals surface area contributed by atoms with Crippen molar-refractivity contribution in [1.82, 2.24) is 0 Å². The first-order valence-corrected chi connectivity index (χ1v) is 7.11. The summed E-state index contributed by atoms with van der Waals surface area (Å²) >= 11 is 0. The van der Waals surface area contributed by atoms with Gasteiger partial charge < -0.3 is 35.0 Å². The van der Waals surface area contributed by atoms with Crippen LogP contribution in [0.5, 0.6) is 0 Å². The third-order valence-electron chi connectivity index (χ3n) is 3.42. The van der Waals surface area contributed by atoms with Gasteiger partial charge in [-0.3, -0.25) is 4.79 Å². The SMILES string of the molecule is O=C(O)CCCCCCO[C@H]1O[C@H](CO)[C@@H](O)[C@H](O)[C@@H]1O. The molecular weight excluding hydrogens is 284 g/mol. The van der Waals surface area contributed by atoms with Crippen LogP contribution in [0.4, 0.5) is 0 Å². The fraction of sp³-hybridized carbons (Fsp3) is 0.923. The Hall–Kier alpha value is -0.770. The van der Waals surface area contributed by atoms with E-state index in [2.05, 4.69) is 0 Å². The van der Waals surface area contributed by atoms with Crippen molar-refractivity contribution in [1.29, 1.82) is 0 Å². The van der Waals surface area contributed by atoms with Crippen LogP contribution >= 0.6 is 0 Å². The predicted octanol–water partition coefficient (Wildman–Crippen LogP) is -1.16.